The van der Waals surface area contributed by atoms with E-state index in [-0.39, 0.29) is 10.7 Å². The first-order chi connectivity index (χ1) is 7.96. The maximum atomic E-state index is 5.79. The number of aromatic nitrogens is 4. The number of aromatic amines is 1. The maximum absolute atomic E-state index is 5.79. The van der Waals surface area contributed by atoms with Gasteiger partial charge in [0, 0.05) is 0 Å². The highest BCUT2D eigenvalue weighted by Gasteiger charge is 2.13. The van der Waals surface area contributed by atoms with Crippen LogP contribution in [0.5, 0.6) is 5.88 Å². The Morgan fingerprint density at radius 2 is 2.12 bits per heavy atom. The number of fused-ring (bicyclic) bond motifs is 1. The van der Waals surface area contributed by atoms with Crippen molar-refractivity contribution in [3.63, 3.8) is 0 Å². The van der Waals surface area contributed by atoms with Gasteiger partial charge in [-0.2, -0.15) is 9.97 Å². The number of nitrogens with one attached hydrogen (secondary N) is 1. The second-order valence-corrected chi connectivity index (χ2v) is 5.40. The summed E-state index contributed by atoms with van der Waals surface area (Å²) in [6.07, 6.45) is 2.48. The molecule has 6 heteroatoms. The van der Waals surface area contributed by atoms with E-state index in [0.29, 0.717) is 23.7 Å². The van der Waals surface area contributed by atoms with E-state index in [1.807, 2.05) is 0 Å². The molecule has 17 heavy (non-hydrogen) atoms. The number of ether oxygens (including phenoxy) is 1. The molecule has 0 saturated carbocycles. The van der Waals surface area contributed by atoms with Crippen LogP contribution in [-0.2, 0) is 0 Å². The zero-order valence-electron chi connectivity index (χ0n) is 10.1. The molecule has 5 nitrogen and oxygen atoms in total. The zero-order valence-corrected chi connectivity index (χ0v) is 10.9. The number of hydrogen-bond donors (Lipinski definition) is 1. The van der Waals surface area contributed by atoms with Crippen molar-refractivity contribution in [2.75, 3.05) is 6.61 Å². The topological polar surface area (TPSA) is 63.7 Å². The van der Waals surface area contributed by atoms with E-state index >= 15 is 0 Å². The molecule has 0 aromatic carbocycles. The molecule has 0 radical (unpaired) electrons. The van der Waals surface area contributed by atoms with Gasteiger partial charge in [-0.3, -0.25) is 0 Å². The van der Waals surface area contributed by atoms with Crippen molar-refractivity contribution in [1.29, 1.82) is 0 Å². The van der Waals surface area contributed by atoms with Crippen LogP contribution in [0.15, 0.2) is 6.33 Å². The molecular formula is C11H15ClN4O. The standard InChI is InChI=1S/C11H15ClN4O/c1-11(2,3)4-5-17-9-7-8(14-6-13-7)15-10(12)16-9/h6H,4-5H2,1-3H3,(H,13,14,15,16). The number of halogens is 1. The van der Waals surface area contributed by atoms with E-state index in [1.54, 1.807) is 6.33 Å². The maximum Gasteiger partial charge on any atom is 0.244 e. The number of hydrogen-bond acceptors (Lipinski definition) is 4. The average Bonchev–Trinajstić information content (AvgIpc) is 2.63. The van der Waals surface area contributed by atoms with E-state index in [0.717, 1.165) is 6.42 Å². The summed E-state index contributed by atoms with van der Waals surface area (Å²) in [5.74, 6) is 0.460. The Kier molecular flexibility index (Phi) is 3.19. The molecule has 2 aromatic heterocycles. The number of imidazole rings is 1. The molecule has 0 aliphatic heterocycles. The lowest BCUT2D eigenvalue weighted by molar-refractivity contribution is 0.238. The summed E-state index contributed by atoms with van der Waals surface area (Å²) in [6.45, 7) is 7.07. The van der Waals surface area contributed by atoms with E-state index in [1.165, 1.54) is 0 Å². The van der Waals surface area contributed by atoms with Gasteiger partial charge in [0.1, 0.15) is 5.52 Å². The third-order valence-corrected chi connectivity index (χ3v) is 2.49. The van der Waals surface area contributed by atoms with Gasteiger partial charge in [-0.15, -0.1) is 0 Å². The van der Waals surface area contributed by atoms with Crippen molar-refractivity contribution in [3.8, 4) is 5.88 Å². The van der Waals surface area contributed by atoms with Crippen LogP contribution in [0.3, 0.4) is 0 Å². The first kappa shape index (κ1) is 12.1. The lowest BCUT2D eigenvalue weighted by atomic mass is 9.93. The third-order valence-electron chi connectivity index (χ3n) is 2.32. The van der Waals surface area contributed by atoms with Crippen LogP contribution in [-0.4, -0.2) is 26.5 Å². The summed E-state index contributed by atoms with van der Waals surface area (Å²) in [5.41, 5.74) is 1.43. The molecule has 0 atom stereocenters. The molecule has 0 saturated heterocycles. The Morgan fingerprint density at radius 1 is 1.35 bits per heavy atom. The molecule has 0 aliphatic carbocycles. The monoisotopic (exact) mass is 254 g/mol. The summed E-state index contributed by atoms with van der Waals surface area (Å²) >= 11 is 5.79. The fourth-order valence-electron chi connectivity index (χ4n) is 1.34. The van der Waals surface area contributed by atoms with Crippen LogP contribution in [0.1, 0.15) is 27.2 Å². The van der Waals surface area contributed by atoms with Crippen LogP contribution in [0.4, 0.5) is 0 Å². The lowest BCUT2D eigenvalue weighted by Gasteiger charge is -2.17. The first-order valence-corrected chi connectivity index (χ1v) is 5.83. The van der Waals surface area contributed by atoms with Gasteiger partial charge in [-0.25, -0.2) is 4.98 Å². The second-order valence-electron chi connectivity index (χ2n) is 5.06. The minimum absolute atomic E-state index is 0.148. The van der Waals surface area contributed by atoms with Crippen molar-refractivity contribution in [1.82, 2.24) is 19.9 Å². The molecule has 2 rings (SSSR count). The predicted molar refractivity (Wildman–Crippen MR) is 66.3 cm³/mol. The van der Waals surface area contributed by atoms with Crippen LogP contribution in [0, 0.1) is 5.41 Å². The molecular weight excluding hydrogens is 240 g/mol. The van der Waals surface area contributed by atoms with E-state index in [2.05, 4.69) is 40.7 Å². The van der Waals surface area contributed by atoms with Gasteiger partial charge in [0.05, 0.1) is 12.9 Å². The molecule has 0 bridgehead atoms. The summed E-state index contributed by atoms with van der Waals surface area (Å²) in [6, 6.07) is 0. The molecule has 92 valence electrons. The number of nitrogens with zero attached hydrogens (tertiary/aromatic N) is 3. The van der Waals surface area contributed by atoms with Gasteiger partial charge in [0.25, 0.3) is 0 Å². The fourth-order valence-corrected chi connectivity index (χ4v) is 1.50. The Morgan fingerprint density at radius 3 is 2.82 bits per heavy atom. The predicted octanol–water partition coefficient (Wildman–Crippen LogP) is 2.82. The minimum Gasteiger partial charge on any atom is -0.476 e. The Balaban J connectivity index is 2.15. The number of H-pyrrole nitrogens is 1. The van der Waals surface area contributed by atoms with Crippen LogP contribution in [0.2, 0.25) is 5.28 Å². The fraction of sp³-hybridized carbons (Fsp3) is 0.545. The van der Waals surface area contributed by atoms with Crippen LogP contribution >= 0.6 is 11.6 Å². The minimum atomic E-state index is 0.148. The summed E-state index contributed by atoms with van der Waals surface area (Å²) in [5, 5.41) is 0.148. The molecule has 2 heterocycles. The van der Waals surface area contributed by atoms with Crippen molar-refractivity contribution >= 4 is 22.8 Å². The van der Waals surface area contributed by atoms with E-state index in [9.17, 15) is 0 Å². The molecule has 0 unspecified atom stereocenters. The van der Waals surface area contributed by atoms with Crippen molar-refractivity contribution < 1.29 is 4.74 Å². The van der Waals surface area contributed by atoms with Gasteiger partial charge in [-0.05, 0) is 23.4 Å². The first-order valence-electron chi connectivity index (χ1n) is 5.45. The van der Waals surface area contributed by atoms with Crippen molar-refractivity contribution in [3.05, 3.63) is 11.6 Å². The summed E-state index contributed by atoms with van der Waals surface area (Å²) in [4.78, 5) is 15.0. The molecule has 2 aromatic rings. The van der Waals surface area contributed by atoms with E-state index in [4.69, 9.17) is 16.3 Å². The third kappa shape index (κ3) is 3.06. The van der Waals surface area contributed by atoms with Gasteiger partial charge in [0.2, 0.25) is 11.2 Å². The van der Waals surface area contributed by atoms with Crippen LogP contribution in [0.25, 0.3) is 11.2 Å². The van der Waals surface area contributed by atoms with Crippen molar-refractivity contribution in [2.24, 2.45) is 5.41 Å². The Bertz CT molecular complexity index is 518. The summed E-state index contributed by atoms with van der Waals surface area (Å²) in [7, 11) is 0. The Hall–Kier alpha value is -1.36. The normalized spacial score (nSPS) is 12.0. The highest BCUT2D eigenvalue weighted by molar-refractivity contribution is 6.28. The highest BCUT2D eigenvalue weighted by atomic mass is 35.5. The molecule has 0 fully saturated rings. The highest BCUT2D eigenvalue weighted by Crippen LogP contribution is 2.23. The number of rotatable bonds is 3. The lowest BCUT2D eigenvalue weighted by Crippen LogP contribution is -2.11. The van der Waals surface area contributed by atoms with Crippen LogP contribution < -0.4 is 4.74 Å². The van der Waals surface area contributed by atoms with Crippen molar-refractivity contribution in [2.45, 2.75) is 27.2 Å². The van der Waals surface area contributed by atoms with Gasteiger partial charge in [-0.1, -0.05) is 20.8 Å². The second kappa shape index (κ2) is 4.49. The van der Waals surface area contributed by atoms with Gasteiger partial charge in [0.15, 0.2) is 5.65 Å². The van der Waals surface area contributed by atoms with Gasteiger partial charge < -0.3 is 9.72 Å². The average molecular weight is 255 g/mol. The van der Waals surface area contributed by atoms with E-state index < -0.39 is 0 Å². The summed E-state index contributed by atoms with van der Waals surface area (Å²) < 4.78 is 5.63. The van der Waals surface area contributed by atoms with Gasteiger partial charge >= 0.3 is 0 Å². The molecule has 0 spiro atoms. The largest absolute Gasteiger partial charge is 0.476 e. The quantitative estimate of drug-likeness (QED) is 0.856. The smallest absolute Gasteiger partial charge is 0.244 e. The Labute approximate surface area is 105 Å². The SMILES string of the molecule is CC(C)(C)CCOc1nc(Cl)nc2nc[nH]c12. The molecule has 0 amide bonds. The molecule has 0 aliphatic rings. The zero-order chi connectivity index (χ0) is 12.5. The molecule has 1 N–H and O–H groups in total.